The van der Waals surface area contributed by atoms with E-state index in [0.717, 1.165) is 0 Å². The number of rotatable bonds is 8. The second-order valence-electron chi connectivity index (χ2n) is 6.72. The van der Waals surface area contributed by atoms with Gasteiger partial charge in [0.15, 0.2) is 0 Å². The zero-order valence-corrected chi connectivity index (χ0v) is 18.9. The van der Waals surface area contributed by atoms with Crippen LogP contribution in [0.3, 0.4) is 0 Å². The fraction of sp³-hybridized carbons (Fsp3) is 0.333. The molecule has 2 aromatic rings. The lowest BCUT2D eigenvalue weighted by molar-refractivity contribution is -0.153. The third-order valence-corrected chi connectivity index (χ3v) is 5.46. The van der Waals surface area contributed by atoms with Crippen molar-refractivity contribution in [2.45, 2.75) is 33.5 Å². The normalized spacial score (nSPS) is 12.9. The fourth-order valence-corrected chi connectivity index (χ4v) is 3.51. The van der Waals surface area contributed by atoms with Crippen LogP contribution in [0.1, 0.15) is 31.4 Å². The summed E-state index contributed by atoms with van der Waals surface area (Å²) in [5.41, 5.74) is 1.31. The highest BCUT2D eigenvalue weighted by molar-refractivity contribution is 6.35. The zero-order chi connectivity index (χ0) is 21.6. The molecular weight excluding hydrogens is 458 g/mol. The summed E-state index contributed by atoms with van der Waals surface area (Å²) in [4.78, 5) is 24.5. The Balaban J connectivity index is 1.81. The van der Waals surface area contributed by atoms with Crippen LogP contribution in [-0.4, -0.2) is 11.9 Å². The van der Waals surface area contributed by atoms with Gasteiger partial charge in [-0.25, -0.2) is 0 Å². The van der Waals surface area contributed by atoms with Crippen molar-refractivity contribution in [3.05, 3.63) is 67.6 Å². The molecule has 0 N–H and O–H groups in total. The van der Waals surface area contributed by atoms with Crippen molar-refractivity contribution < 1.29 is 19.1 Å². The van der Waals surface area contributed by atoms with Gasteiger partial charge in [-0.15, -0.1) is 0 Å². The number of carbonyl (C=O) groups excluding carboxylic acids is 2. The second-order valence-corrected chi connectivity index (χ2v) is 8.41. The van der Waals surface area contributed by atoms with E-state index in [1.165, 1.54) is 0 Å². The molecular formula is C21H20Cl4O4. The topological polar surface area (TPSA) is 52.6 Å². The first kappa shape index (κ1) is 23.8. The van der Waals surface area contributed by atoms with Gasteiger partial charge in [-0.3, -0.25) is 9.59 Å². The summed E-state index contributed by atoms with van der Waals surface area (Å²) < 4.78 is 10.6. The molecule has 0 fully saturated rings. The van der Waals surface area contributed by atoms with Crippen molar-refractivity contribution >= 4 is 58.3 Å². The van der Waals surface area contributed by atoms with Crippen molar-refractivity contribution in [2.75, 3.05) is 0 Å². The van der Waals surface area contributed by atoms with Crippen LogP contribution in [-0.2, 0) is 32.3 Å². The lowest BCUT2D eigenvalue weighted by Crippen LogP contribution is -2.22. The minimum Gasteiger partial charge on any atom is -0.461 e. The highest BCUT2D eigenvalue weighted by atomic mass is 35.5. The number of hydrogen-bond acceptors (Lipinski definition) is 4. The van der Waals surface area contributed by atoms with E-state index in [0.29, 0.717) is 37.6 Å². The summed E-state index contributed by atoms with van der Waals surface area (Å²) >= 11 is 23.8. The molecule has 0 saturated carbocycles. The van der Waals surface area contributed by atoms with Crippen LogP contribution in [0.5, 0.6) is 0 Å². The van der Waals surface area contributed by atoms with Crippen molar-refractivity contribution in [1.29, 1.82) is 0 Å². The summed E-state index contributed by atoms with van der Waals surface area (Å²) in [6, 6.07) is 9.91. The molecule has 0 aliphatic rings. The molecule has 0 radical (unpaired) electrons. The number of benzene rings is 2. The molecule has 156 valence electrons. The summed E-state index contributed by atoms with van der Waals surface area (Å²) in [6.07, 6.45) is 0.292. The summed E-state index contributed by atoms with van der Waals surface area (Å²) in [5, 5.41) is 1.86. The van der Waals surface area contributed by atoms with Crippen LogP contribution in [0, 0.1) is 11.8 Å². The van der Waals surface area contributed by atoms with Gasteiger partial charge < -0.3 is 9.47 Å². The Bertz CT molecular complexity index is 813. The van der Waals surface area contributed by atoms with Gasteiger partial charge in [-0.1, -0.05) is 72.4 Å². The molecule has 0 spiro atoms. The summed E-state index contributed by atoms with van der Waals surface area (Å²) in [7, 11) is 0. The fourth-order valence-electron chi connectivity index (χ4n) is 2.58. The largest absolute Gasteiger partial charge is 0.461 e. The highest BCUT2D eigenvalue weighted by Crippen LogP contribution is 2.24. The van der Waals surface area contributed by atoms with Gasteiger partial charge in [-0.05, 0) is 30.7 Å². The van der Waals surface area contributed by atoms with E-state index in [-0.39, 0.29) is 13.2 Å². The maximum absolute atomic E-state index is 12.2. The second kappa shape index (κ2) is 11.1. The maximum Gasteiger partial charge on any atom is 0.309 e. The van der Waals surface area contributed by atoms with E-state index in [9.17, 15) is 9.59 Å². The molecule has 2 rings (SSSR count). The summed E-state index contributed by atoms with van der Waals surface area (Å²) in [5.74, 6) is -1.81. The van der Waals surface area contributed by atoms with Gasteiger partial charge in [0.1, 0.15) is 13.2 Å². The molecule has 0 bridgehead atoms. The van der Waals surface area contributed by atoms with Gasteiger partial charge >= 0.3 is 11.9 Å². The molecule has 29 heavy (non-hydrogen) atoms. The lowest BCUT2D eigenvalue weighted by Gasteiger charge is -2.16. The number of ether oxygens (including phenoxy) is 2. The quantitative estimate of drug-likeness (QED) is 0.394. The van der Waals surface area contributed by atoms with Crippen molar-refractivity contribution in [1.82, 2.24) is 0 Å². The zero-order valence-electron chi connectivity index (χ0n) is 15.9. The number of halogens is 4. The lowest BCUT2D eigenvalue weighted by atomic mass is 9.97. The molecule has 0 aromatic heterocycles. The van der Waals surface area contributed by atoms with Gasteiger partial charge in [0.25, 0.3) is 0 Å². The van der Waals surface area contributed by atoms with Crippen molar-refractivity contribution in [2.24, 2.45) is 11.8 Å². The Labute approximate surface area is 190 Å². The molecule has 0 aliphatic heterocycles. The van der Waals surface area contributed by atoms with E-state index in [4.69, 9.17) is 55.9 Å². The first-order valence-corrected chi connectivity index (χ1v) is 10.4. The average Bonchev–Trinajstić information content (AvgIpc) is 2.66. The van der Waals surface area contributed by atoms with Crippen LogP contribution >= 0.6 is 46.4 Å². The van der Waals surface area contributed by atoms with Crippen LogP contribution in [0.15, 0.2) is 36.4 Å². The Kier molecular flexibility index (Phi) is 9.09. The molecule has 0 aliphatic carbocycles. The Hall–Kier alpha value is -1.46. The third-order valence-electron chi connectivity index (χ3n) is 4.28. The maximum atomic E-state index is 12.2. The van der Waals surface area contributed by atoms with Crippen LogP contribution in [0.4, 0.5) is 0 Å². The molecule has 2 atom stereocenters. The first-order valence-electron chi connectivity index (χ1n) is 8.88. The van der Waals surface area contributed by atoms with E-state index >= 15 is 0 Å². The van der Waals surface area contributed by atoms with Crippen LogP contribution in [0.2, 0.25) is 20.1 Å². The SMILES string of the molecule is CC(CC(C)C(=O)OCc1ccc(Cl)cc1Cl)C(=O)OCc1ccc(Cl)cc1Cl. The smallest absolute Gasteiger partial charge is 0.309 e. The van der Waals surface area contributed by atoms with Crippen molar-refractivity contribution in [3.8, 4) is 0 Å². The van der Waals surface area contributed by atoms with Gasteiger partial charge in [0.05, 0.1) is 11.8 Å². The molecule has 2 aromatic carbocycles. The molecule has 2 unspecified atom stereocenters. The minimum atomic E-state index is -0.484. The minimum absolute atomic E-state index is 0.0348. The first-order chi connectivity index (χ1) is 13.7. The Morgan fingerprint density at radius 3 is 1.48 bits per heavy atom. The Morgan fingerprint density at radius 2 is 1.14 bits per heavy atom. The number of esters is 2. The highest BCUT2D eigenvalue weighted by Gasteiger charge is 2.23. The molecule has 0 saturated heterocycles. The monoisotopic (exact) mass is 476 g/mol. The van der Waals surface area contributed by atoms with Gasteiger partial charge in [0, 0.05) is 31.2 Å². The number of hydrogen-bond donors (Lipinski definition) is 0. The van der Waals surface area contributed by atoms with Crippen LogP contribution < -0.4 is 0 Å². The number of carbonyl (C=O) groups is 2. The van der Waals surface area contributed by atoms with E-state index in [1.54, 1.807) is 50.2 Å². The average molecular weight is 478 g/mol. The summed E-state index contributed by atoms with van der Waals surface area (Å²) in [6.45, 7) is 3.47. The molecule has 0 heterocycles. The molecule has 8 heteroatoms. The van der Waals surface area contributed by atoms with E-state index < -0.39 is 23.8 Å². The van der Waals surface area contributed by atoms with E-state index in [1.807, 2.05) is 0 Å². The molecule has 0 amide bonds. The predicted octanol–water partition coefficient (Wildman–Crippen LogP) is 6.75. The standard InChI is InChI=1S/C21H20Cl4O4/c1-12(20(26)28-10-14-3-5-16(22)8-18(14)24)7-13(2)21(27)29-11-15-4-6-17(23)9-19(15)25/h3-6,8-9,12-13H,7,10-11H2,1-2H3. The predicted molar refractivity (Wildman–Crippen MR) is 115 cm³/mol. The Morgan fingerprint density at radius 1 is 0.759 bits per heavy atom. The molecule has 4 nitrogen and oxygen atoms in total. The van der Waals surface area contributed by atoms with Gasteiger partial charge in [0.2, 0.25) is 0 Å². The van der Waals surface area contributed by atoms with E-state index in [2.05, 4.69) is 0 Å². The third kappa shape index (κ3) is 7.38. The van der Waals surface area contributed by atoms with Crippen molar-refractivity contribution in [3.63, 3.8) is 0 Å². The van der Waals surface area contributed by atoms with Crippen LogP contribution in [0.25, 0.3) is 0 Å². The van der Waals surface area contributed by atoms with Gasteiger partial charge in [-0.2, -0.15) is 0 Å².